The Morgan fingerprint density at radius 3 is 2.52 bits per heavy atom. The Morgan fingerprint density at radius 2 is 1.82 bits per heavy atom. The van der Waals surface area contributed by atoms with Gasteiger partial charge in [-0.15, -0.1) is 0 Å². The number of amides is 1. The minimum absolute atomic E-state index is 0.380. The van der Waals surface area contributed by atoms with Crippen molar-refractivity contribution in [2.75, 3.05) is 31.1 Å². The van der Waals surface area contributed by atoms with E-state index in [0.29, 0.717) is 36.8 Å². The molecule has 5 rings (SSSR count). The summed E-state index contributed by atoms with van der Waals surface area (Å²) in [7, 11) is 0. The summed E-state index contributed by atoms with van der Waals surface area (Å²) in [6.07, 6.45) is 0.470. The molecule has 1 amide bonds. The molecule has 1 atom stereocenters. The molecule has 3 heterocycles. The van der Waals surface area contributed by atoms with Crippen LogP contribution in [0.3, 0.4) is 0 Å². The van der Waals surface area contributed by atoms with Crippen LogP contribution in [0.4, 0.5) is 10.2 Å². The van der Waals surface area contributed by atoms with Crippen LogP contribution in [0, 0.1) is 5.82 Å². The SMILES string of the molecule is O=C(C(O)c1ccc(F)cc1)N1CCN(c2ccc(-c3nc4ccc(Cl)cc4[nH]3)cn2)CC1. The summed E-state index contributed by atoms with van der Waals surface area (Å²) >= 11 is 6.05. The number of hydrogen-bond donors (Lipinski definition) is 2. The van der Waals surface area contributed by atoms with Crippen LogP contribution >= 0.6 is 11.6 Å². The summed E-state index contributed by atoms with van der Waals surface area (Å²) in [5, 5.41) is 11.0. The first kappa shape index (κ1) is 21.4. The minimum Gasteiger partial charge on any atom is -0.378 e. The molecule has 2 N–H and O–H groups in total. The van der Waals surface area contributed by atoms with E-state index in [-0.39, 0.29) is 5.91 Å². The molecule has 4 aromatic rings. The summed E-state index contributed by atoms with van der Waals surface area (Å²) in [6.45, 7) is 2.12. The van der Waals surface area contributed by atoms with Gasteiger partial charge in [0.1, 0.15) is 17.5 Å². The second-order valence-corrected chi connectivity index (χ2v) is 8.35. The molecular weight excluding hydrogens is 445 g/mol. The number of anilines is 1. The van der Waals surface area contributed by atoms with E-state index in [1.54, 1.807) is 17.2 Å². The average Bonchev–Trinajstić information content (AvgIpc) is 3.27. The van der Waals surface area contributed by atoms with E-state index in [2.05, 4.69) is 19.9 Å². The number of aromatic nitrogens is 3. The molecule has 2 aromatic heterocycles. The van der Waals surface area contributed by atoms with Gasteiger partial charge in [-0.05, 0) is 48.0 Å². The molecule has 0 saturated carbocycles. The third-order valence-corrected chi connectivity index (χ3v) is 6.04. The molecule has 7 nitrogen and oxygen atoms in total. The molecule has 2 aromatic carbocycles. The molecule has 0 aliphatic carbocycles. The number of hydrogen-bond acceptors (Lipinski definition) is 5. The van der Waals surface area contributed by atoms with Gasteiger partial charge in [-0.1, -0.05) is 23.7 Å². The van der Waals surface area contributed by atoms with Gasteiger partial charge in [0, 0.05) is 43.0 Å². The summed E-state index contributed by atoms with van der Waals surface area (Å²) in [4.78, 5) is 28.8. The first-order valence-corrected chi connectivity index (χ1v) is 10.9. The predicted molar refractivity (Wildman–Crippen MR) is 124 cm³/mol. The Kier molecular flexibility index (Phi) is 5.70. The number of aliphatic hydroxyl groups excluding tert-OH is 1. The fourth-order valence-corrected chi connectivity index (χ4v) is 4.12. The molecule has 1 aliphatic rings. The number of rotatable bonds is 4. The summed E-state index contributed by atoms with van der Waals surface area (Å²) in [5.41, 5.74) is 2.95. The third kappa shape index (κ3) is 4.40. The van der Waals surface area contributed by atoms with E-state index >= 15 is 0 Å². The zero-order valence-electron chi connectivity index (χ0n) is 17.6. The minimum atomic E-state index is -1.30. The maximum Gasteiger partial charge on any atom is 0.256 e. The smallest absolute Gasteiger partial charge is 0.256 e. The van der Waals surface area contributed by atoms with Crippen molar-refractivity contribution in [3.63, 3.8) is 0 Å². The highest BCUT2D eigenvalue weighted by Gasteiger charge is 2.27. The number of carbonyl (C=O) groups is 1. The number of carbonyl (C=O) groups excluding carboxylic acids is 1. The number of piperazine rings is 1. The van der Waals surface area contributed by atoms with Crippen molar-refractivity contribution >= 4 is 34.4 Å². The molecule has 1 unspecified atom stereocenters. The second-order valence-electron chi connectivity index (χ2n) is 7.92. The highest BCUT2D eigenvalue weighted by Crippen LogP contribution is 2.24. The van der Waals surface area contributed by atoms with Crippen molar-refractivity contribution < 1.29 is 14.3 Å². The standard InChI is InChI=1S/C24H21ClFN5O2/c25-17-4-7-19-20(13-17)29-23(28-19)16-3-8-21(27-14-16)30-9-11-31(12-10-30)24(33)22(32)15-1-5-18(26)6-2-15/h1-8,13-14,22,32H,9-12H2,(H,28,29). The van der Waals surface area contributed by atoms with Crippen molar-refractivity contribution in [2.24, 2.45) is 0 Å². The van der Waals surface area contributed by atoms with Crippen LogP contribution in [0.15, 0.2) is 60.8 Å². The van der Waals surface area contributed by atoms with Gasteiger partial charge in [0.05, 0.1) is 11.0 Å². The van der Waals surface area contributed by atoms with Crippen LogP contribution in [0.2, 0.25) is 5.02 Å². The van der Waals surface area contributed by atoms with Gasteiger partial charge in [-0.3, -0.25) is 4.79 Å². The number of H-pyrrole nitrogens is 1. The monoisotopic (exact) mass is 465 g/mol. The van der Waals surface area contributed by atoms with E-state index in [1.807, 2.05) is 24.3 Å². The number of benzene rings is 2. The van der Waals surface area contributed by atoms with Gasteiger partial charge < -0.3 is 19.9 Å². The zero-order chi connectivity index (χ0) is 22.9. The van der Waals surface area contributed by atoms with Crippen molar-refractivity contribution in [3.8, 4) is 11.4 Å². The van der Waals surface area contributed by atoms with Crippen LogP contribution < -0.4 is 4.90 Å². The molecule has 0 bridgehead atoms. The molecule has 0 spiro atoms. The molecular formula is C24H21ClFN5O2. The molecule has 1 aliphatic heterocycles. The molecule has 1 saturated heterocycles. The summed E-state index contributed by atoms with van der Waals surface area (Å²) in [6, 6.07) is 14.7. The zero-order valence-corrected chi connectivity index (χ0v) is 18.3. The lowest BCUT2D eigenvalue weighted by Crippen LogP contribution is -2.50. The quantitative estimate of drug-likeness (QED) is 0.479. The van der Waals surface area contributed by atoms with E-state index < -0.39 is 11.9 Å². The number of aromatic amines is 1. The number of nitrogens with one attached hydrogen (secondary N) is 1. The normalized spacial score (nSPS) is 15.1. The van der Waals surface area contributed by atoms with Crippen molar-refractivity contribution in [2.45, 2.75) is 6.10 Å². The fourth-order valence-electron chi connectivity index (χ4n) is 3.95. The molecule has 9 heteroatoms. The molecule has 33 heavy (non-hydrogen) atoms. The molecule has 0 radical (unpaired) electrons. The third-order valence-electron chi connectivity index (χ3n) is 5.80. The number of pyridine rings is 1. The van der Waals surface area contributed by atoms with Crippen molar-refractivity contribution in [1.82, 2.24) is 19.9 Å². The Morgan fingerprint density at radius 1 is 1.06 bits per heavy atom. The van der Waals surface area contributed by atoms with Gasteiger partial charge in [0.2, 0.25) is 0 Å². The van der Waals surface area contributed by atoms with Crippen LogP contribution in [0.5, 0.6) is 0 Å². The highest BCUT2D eigenvalue weighted by molar-refractivity contribution is 6.31. The number of imidazole rings is 1. The van der Waals surface area contributed by atoms with Crippen molar-refractivity contribution in [3.05, 3.63) is 77.2 Å². The maximum absolute atomic E-state index is 13.1. The molecule has 1 fully saturated rings. The lowest BCUT2D eigenvalue weighted by Gasteiger charge is -2.36. The topological polar surface area (TPSA) is 85.4 Å². The number of halogens is 2. The Bertz CT molecular complexity index is 1280. The summed E-state index contributed by atoms with van der Waals surface area (Å²) < 4.78 is 13.1. The van der Waals surface area contributed by atoms with Crippen LogP contribution in [0.1, 0.15) is 11.7 Å². The van der Waals surface area contributed by atoms with E-state index in [4.69, 9.17) is 11.6 Å². The maximum atomic E-state index is 13.1. The number of fused-ring (bicyclic) bond motifs is 1. The lowest BCUT2D eigenvalue weighted by molar-refractivity contribution is -0.140. The van der Waals surface area contributed by atoms with Gasteiger partial charge in [-0.25, -0.2) is 14.4 Å². The predicted octanol–water partition coefficient (Wildman–Crippen LogP) is 3.80. The fraction of sp³-hybridized carbons (Fsp3) is 0.208. The summed E-state index contributed by atoms with van der Waals surface area (Å²) in [5.74, 6) is 0.741. The Hall–Kier alpha value is -3.49. The average molecular weight is 466 g/mol. The number of aliphatic hydroxyl groups is 1. The lowest BCUT2D eigenvalue weighted by atomic mass is 10.1. The van der Waals surface area contributed by atoms with E-state index in [9.17, 15) is 14.3 Å². The first-order chi connectivity index (χ1) is 16.0. The van der Waals surface area contributed by atoms with Crippen LogP contribution in [-0.2, 0) is 4.79 Å². The number of nitrogens with zero attached hydrogens (tertiary/aromatic N) is 4. The van der Waals surface area contributed by atoms with Gasteiger partial charge >= 0.3 is 0 Å². The van der Waals surface area contributed by atoms with Gasteiger partial charge in [0.25, 0.3) is 5.91 Å². The van der Waals surface area contributed by atoms with Gasteiger partial charge in [-0.2, -0.15) is 0 Å². The van der Waals surface area contributed by atoms with E-state index in [0.717, 1.165) is 28.2 Å². The Labute approximate surface area is 194 Å². The van der Waals surface area contributed by atoms with Crippen LogP contribution in [-0.4, -0.2) is 57.0 Å². The second kappa shape index (κ2) is 8.80. The molecule has 168 valence electrons. The largest absolute Gasteiger partial charge is 0.378 e. The Balaban J connectivity index is 1.22. The first-order valence-electron chi connectivity index (χ1n) is 10.6. The van der Waals surface area contributed by atoms with Gasteiger partial charge in [0.15, 0.2) is 6.10 Å². The van der Waals surface area contributed by atoms with Crippen LogP contribution in [0.25, 0.3) is 22.4 Å². The highest BCUT2D eigenvalue weighted by atomic mass is 35.5. The van der Waals surface area contributed by atoms with E-state index in [1.165, 1.54) is 24.3 Å². The van der Waals surface area contributed by atoms with Crippen molar-refractivity contribution in [1.29, 1.82) is 0 Å².